The minimum absolute atomic E-state index is 0.147. The highest BCUT2D eigenvalue weighted by molar-refractivity contribution is 5.97. The Morgan fingerprint density at radius 1 is 1.00 bits per heavy atom. The lowest BCUT2D eigenvalue weighted by Gasteiger charge is -2.41. The zero-order valence-electron chi connectivity index (χ0n) is 11.6. The smallest absolute Gasteiger partial charge is 0.174 e. The first-order chi connectivity index (χ1) is 9.79. The van der Waals surface area contributed by atoms with Gasteiger partial charge in [0.15, 0.2) is 11.6 Å². The van der Waals surface area contributed by atoms with Gasteiger partial charge in [-0.2, -0.15) is 0 Å². The summed E-state index contributed by atoms with van der Waals surface area (Å²) in [7, 11) is 0. The average Bonchev–Trinajstić information content (AvgIpc) is 3.03. The molecule has 1 saturated heterocycles. The number of rotatable bonds is 2. The van der Waals surface area contributed by atoms with Gasteiger partial charge in [0.05, 0.1) is 13.2 Å². The van der Waals surface area contributed by atoms with Crippen molar-refractivity contribution in [3.8, 4) is 0 Å². The van der Waals surface area contributed by atoms with Crippen LogP contribution < -0.4 is 0 Å². The Morgan fingerprint density at radius 3 is 2.20 bits per heavy atom. The molecule has 106 valence electrons. The van der Waals surface area contributed by atoms with Crippen LogP contribution in [0.1, 0.15) is 36.0 Å². The number of Topliss-reactive ketones (excluding diaryl/α,β-unsaturated/α-hetero) is 1. The van der Waals surface area contributed by atoms with Crippen LogP contribution in [0.5, 0.6) is 0 Å². The van der Waals surface area contributed by atoms with Crippen LogP contribution in [0.4, 0.5) is 0 Å². The van der Waals surface area contributed by atoms with Gasteiger partial charge in [0.25, 0.3) is 0 Å². The van der Waals surface area contributed by atoms with Crippen molar-refractivity contribution in [2.45, 2.75) is 31.5 Å². The fourth-order valence-corrected chi connectivity index (χ4v) is 4.45. The Kier molecular flexibility index (Phi) is 2.93. The maximum atomic E-state index is 12.6. The van der Waals surface area contributed by atoms with E-state index in [2.05, 4.69) is 0 Å². The first-order valence-corrected chi connectivity index (χ1v) is 7.67. The minimum atomic E-state index is -0.340. The van der Waals surface area contributed by atoms with Gasteiger partial charge in [-0.25, -0.2) is 0 Å². The molecule has 4 rings (SSSR count). The van der Waals surface area contributed by atoms with Gasteiger partial charge in [-0.1, -0.05) is 30.3 Å². The first-order valence-electron chi connectivity index (χ1n) is 7.67. The molecule has 3 fully saturated rings. The van der Waals surface area contributed by atoms with Gasteiger partial charge in [0.1, 0.15) is 0 Å². The number of ketones is 1. The van der Waals surface area contributed by atoms with Crippen molar-refractivity contribution in [1.29, 1.82) is 0 Å². The van der Waals surface area contributed by atoms with Crippen LogP contribution in [0.2, 0.25) is 0 Å². The van der Waals surface area contributed by atoms with Crippen molar-refractivity contribution in [3.63, 3.8) is 0 Å². The van der Waals surface area contributed by atoms with Crippen molar-refractivity contribution in [1.82, 2.24) is 0 Å². The lowest BCUT2D eigenvalue weighted by Crippen LogP contribution is -2.47. The second-order valence-corrected chi connectivity index (χ2v) is 6.29. The standard InChI is InChI=1S/C17H20O3/c18-16(12-4-2-1-3-5-12)13-10-14-6-7-15(11-13)17(14)19-8-9-20-17/h1-5,13-15H,6-11H2/t13?,14-,15+. The molecule has 1 unspecified atom stereocenters. The summed E-state index contributed by atoms with van der Waals surface area (Å²) in [6, 6.07) is 9.69. The normalized spacial score (nSPS) is 34.5. The lowest BCUT2D eigenvalue weighted by molar-refractivity contribution is -0.226. The second kappa shape index (κ2) is 4.68. The second-order valence-electron chi connectivity index (χ2n) is 6.29. The molecule has 1 aliphatic heterocycles. The van der Waals surface area contributed by atoms with Gasteiger partial charge in [0.2, 0.25) is 0 Å². The minimum Gasteiger partial charge on any atom is -0.347 e. The van der Waals surface area contributed by atoms with Gasteiger partial charge >= 0.3 is 0 Å². The van der Waals surface area contributed by atoms with Crippen LogP contribution in [0.25, 0.3) is 0 Å². The third kappa shape index (κ3) is 1.76. The van der Waals surface area contributed by atoms with E-state index in [0.29, 0.717) is 30.8 Å². The van der Waals surface area contributed by atoms with Gasteiger partial charge in [0, 0.05) is 23.3 Å². The van der Waals surface area contributed by atoms with Crippen molar-refractivity contribution in [2.24, 2.45) is 17.8 Å². The number of carbonyl (C=O) groups is 1. The Labute approximate surface area is 119 Å². The number of ether oxygens (including phenoxy) is 2. The van der Waals surface area contributed by atoms with E-state index in [9.17, 15) is 4.79 Å². The van der Waals surface area contributed by atoms with Crippen LogP contribution in [-0.2, 0) is 9.47 Å². The summed E-state index contributed by atoms with van der Waals surface area (Å²) in [4.78, 5) is 12.6. The molecule has 0 radical (unpaired) electrons. The van der Waals surface area contributed by atoms with E-state index >= 15 is 0 Å². The van der Waals surface area contributed by atoms with Crippen LogP contribution >= 0.6 is 0 Å². The summed E-state index contributed by atoms with van der Waals surface area (Å²) in [6.07, 6.45) is 4.13. The Bertz CT molecular complexity index is 488. The number of carbonyl (C=O) groups excluding carboxylic acids is 1. The fourth-order valence-electron chi connectivity index (χ4n) is 4.45. The molecule has 3 heteroatoms. The highest BCUT2D eigenvalue weighted by Gasteiger charge is 2.58. The summed E-state index contributed by atoms with van der Waals surface area (Å²) in [6.45, 7) is 1.43. The lowest BCUT2D eigenvalue weighted by atomic mass is 9.73. The van der Waals surface area contributed by atoms with E-state index < -0.39 is 0 Å². The van der Waals surface area contributed by atoms with Crippen LogP contribution in [0.15, 0.2) is 30.3 Å². The van der Waals surface area contributed by atoms with Crippen LogP contribution in [0, 0.1) is 17.8 Å². The predicted molar refractivity (Wildman–Crippen MR) is 74.3 cm³/mol. The van der Waals surface area contributed by atoms with E-state index in [1.165, 1.54) is 0 Å². The summed E-state index contributed by atoms with van der Waals surface area (Å²) in [5.41, 5.74) is 0.848. The van der Waals surface area contributed by atoms with Crippen molar-refractivity contribution in [2.75, 3.05) is 13.2 Å². The molecule has 1 spiro atoms. The molecule has 1 aromatic rings. The molecular formula is C17H20O3. The van der Waals surface area contributed by atoms with Gasteiger partial charge < -0.3 is 9.47 Å². The monoisotopic (exact) mass is 272 g/mol. The fraction of sp³-hybridized carbons (Fsp3) is 0.588. The highest BCUT2D eigenvalue weighted by atomic mass is 16.7. The zero-order valence-corrected chi connectivity index (χ0v) is 11.6. The van der Waals surface area contributed by atoms with Crippen molar-refractivity contribution in [3.05, 3.63) is 35.9 Å². The predicted octanol–water partition coefficient (Wildman–Crippen LogP) is 3.05. The molecule has 20 heavy (non-hydrogen) atoms. The summed E-state index contributed by atoms with van der Waals surface area (Å²) in [5, 5.41) is 0. The van der Waals surface area contributed by atoms with Crippen molar-refractivity contribution >= 4 is 5.78 Å². The summed E-state index contributed by atoms with van der Waals surface area (Å²) >= 11 is 0. The molecule has 1 heterocycles. The molecule has 2 saturated carbocycles. The molecule has 0 aromatic heterocycles. The Balaban J connectivity index is 1.55. The molecule has 3 aliphatic rings. The largest absolute Gasteiger partial charge is 0.347 e. The SMILES string of the molecule is O=C(c1ccccc1)C1C[C@H]2CC[C@@H](C1)C21OCCO1. The third-order valence-corrected chi connectivity index (χ3v) is 5.31. The van der Waals surface area contributed by atoms with E-state index in [0.717, 1.165) is 31.2 Å². The third-order valence-electron chi connectivity index (χ3n) is 5.31. The average molecular weight is 272 g/mol. The number of benzene rings is 1. The quantitative estimate of drug-likeness (QED) is 0.776. The molecule has 1 aromatic carbocycles. The first kappa shape index (κ1) is 12.5. The van der Waals surface area contributed by atoms with Gasteiger partial charge in [-0.15, -0.1) is 0 Å². The van der Waals surface area contributed by atoms with E-state index in [-0.39, 0.29) is 11.7 Å². The van der Waals surface area contributed by atoms with Gasteiger partial charge in [-0.05, 0) is 25.7 Å². The molecule has 0 amide bonds. The number of hydrogen-bond donors (Lipinski definition) is 0. The van der Waals surface area contributed by atoms with Crippen LogP contribution in [0.3, 0.4) is 0 Å². The molecule has 0 N–H and O–H groups in total. The summed E-state index contributed by atoms with van der Waals surface area (Å²) in [5.74, 6) is 0.916. The van der Waals surface area contributed by atoms with Gasteiger partial charge in [-0.3, -0.25) is 4.79 Å². The zero-order chi connectivity index (χ0) is 13.6. The topological polar surface area (TPSA) is 35.5 Å². The maximum absolute atomic E-state index is 12.6. The molecule has 2 aliphatic carbocycles. The maximum Gasteiger partial charge on any atom is 0.174 e. The van der Waals surface area contributed by atoms with E-state index in [1.807, 2.05) is 30.3 Å². The number of hydrogen-bond acceptors (Lipinski definition) is 3. The van der Waals surface area contributed by atoms with E-state index in [4.69, 9.17) is 9.47 Å². The Hall–Kier alpha value is -1.19. The Morgan fingerprint density at radius 2 is 1.60 bits per heavy atom. The molecular weight excluding hydrogens is 252 g/mol. The van der Waals surface area contributed by atoms with E-state index in [1.54, 1.807) is 0 Å². The molecule has 3 atom stereocenters. The molecule has 3 nitrogen and oxygen atoms in total. The summed E-state index contributed by atoms with van der Waals surface area (Å²) < 4.78 is 11.9. The van der Waals surface area contributed by atoms with Crippen LogP contribution in [-0.4, -0.2) is 24.8 Å². The molecule has 2 bridgehead atoms. The van der Waals surface area contributed by atoms with Crippen molar-refractivity contribution < 1.29 is 14.3 Å². The highest BCUT2D eigenvalue weighted by Crippen LogP contribution is 2.55.